The molecule has 3 rings (SSSR count). The molecule has 0 N–H and O–H groups in total. The minimum atomic E-state index is -0.656. The molecular formula is C14H17N3O4. The van der Waals surface area contributed by atoms with Crippen LogP contribution in [-0.4, -0.2) is 42.6 Å². The second-order valence-corrected chi connectivity index (χ2v) is 4.92. The van der Waals surface area contributed by atoms with Crippen LogP contribution in [0.15, 0.2) is 16.5 Å². The fourth-order valence-corrected chi connectivity index (χ4v) is 2.33. The SMILES string of the molecule is COc1nc(C)ccc1-c1nnc(C2(OC)CCOC2)o1. The van der Waals surface area contributed by atoms with Crippen LogP contribution in [0.4, 0.5) is 0 Å². The van der Waals surface area contributed by atoms with Crippen molar-refractivity contribution in [1.82, 2.24) is 15.2 Å². The van der Waals surface area contributed by atoms with Gasteiger partial charge in [0.1, 0.15) is 5.56 Å². The topological polar surface area (TPSA) is 79.5 Å². The summed E-state index contributed by atoms with van der Waals surface area (Å²) in [5.41, 5.74) is 0.858. The van der Waals surface area contributed by atoms with E-state index < -0.39 is 5.60 Å². The van der Waals surface area contributed by atoms with Crippen molar-refractivity contribution in [3.05, 3.63) is 23.7 Å². The van der Waals surface area contributed by atoms with Gasteiger partial charge in [-0.3, -0.25) is 0 Å². The van der Waals surface area contributed by atoms with Crippen molar-refractivity contribution in [2.45, 2.75) is 18.9 Å². The molecule has 0 spiro atoms. The zero-order valence-electron chi connectivity index (χ0n) is 12.3. The number of rotatable bonds is 4. The first kappa shape index (κ1) is 14.0. The van der Waals surface area contributed by atoms with Gasteiger partial charge in [0.25, 0.3) is 11.8 Å². The Bertz CT molecular complexity index is 635. The third-order valence-corrected chi connectivity index (χ3v) is 3.61. The molecule has 0 aromatic carbocycles. The quantitative estimate of drug-likeness (QED) is 0.848. The number of ether oxygens (including phenoxy) is 3. The summed E-state index contributed by atoms with van der Waals surface area (Å²) < 4.78 is 22.0. The van der Waals surface area contributed by atoms with E-state index in [1.54, 1.807) is 14.2 Å². The molecule has 21 heavy (non-hydrogen) atoms. The van der Waals surface area contributed by atoms with Crippen molar-refractivity contribution in [3.8, 4) is 17.3 Å². The average Bonchev–Trinajstić information content (AvgIpc) is 3.16. The van der Waals surface area contributed by atoms with E-state index in [1.165, 1.54) is 0 Å². The molecule has 7 nitrogen and oxygen atoms in total. The first-order chi connectivity index (χ1) is 10.2. The highest BCUT2D eigenvalue weighted by molar-refractivity contribution is 5.59. The fourth-order valence-electron chi connectivity index (χ4n) is 2.33. The first-order valence-corrected chi connectivity index (χ1v) is 6.67. The molecule has 0 aliphatic carbocycles. The van der Waals surface area contributed by atoms with Crippen LogP contribution < -0.4 is 4.74 Å². The second-order valence-electron chi connectivity index (χ2n) is 4.92. The largest absolute Gasteiger partial charge is 0.480 e. The summed E-state index contributed by atoms with van der Waals surface area (Å²) in [7, 11) is 3.18. The number of pyridine rings is 1. The van der Waals surface area contributed by atoms with Crippen molar-refractivity contribution in [3.63, 3.8) is 0 Å². The lowest BCUT2D eigenvalue weighted by atomic mass is 10.0. The molecule has 3 heterocycles. The fraction of sp³-hybridized carbons (Fsp3) is 0.500. The van der Waals surface area contributed by atoms with Gasteiger partial charge in [0, 0.05) is 19.2 Å². The van der Waals surface area contributed by atoms with Gasteiger partial charge in [0.2, 0.25) is 5.88 Å². The van der Waals surface area contributed by atoms with Crippen LogP contribution in [-0.2, 0) is 15.1 Å². The molecule has 2 aromatic heterocycles. The van der Waals surface area contributed by atoms with Crippen LogP contribution in [0.2, 0.25) is 0 Å². The Morgan fingerprint density at radius 1 is 1.24 bits per heavy atom. The van der Waals surface area contributed by atoms with Gasteiger partial charge in [-0.15, -0.1) is 10.2 Å². The lowest BCUT2D eigenvalue weighted by Crippen LogP contribution is -2.29. The van der Waals surface area contributed by atoms with Crippen molar-refractivity contribution in [2.75, 3.05) is 27.4 Å². The Hall–Kier alpha value is -1.99. The van der Waals surface area contributed by atoms with Gasteiger partial charge in [-0.25, -0.2) is 4.98 Å². The molecule has 1 aliphatic heterocycles. The zero-order valence-corrected chi connectivity index (χ0v) is 12.3. The summed E-state index contributed by atoms with van der Waals surface area (Å²) >= 11 is 0. The van der Waals surface area contributed by atoms with Gasteiger partial charge < -0.3 is 18.6 Å². The highest BCUT2D eigenvalue weighted by Crippen LogP contribution is 2.35. The van der Waals surface area contributed by atoms with E-state index in [0.29, 0.717) is 42.9 Å². The smallest absolute Gasteiger partial charge is 0.253 e. The molecule has 1 unspecified atom stereocenters. The zero-order chi connectivity index (χ0) is 14.9. The Kier molecular flexibility index (Phi) is 3.60. The lowest BCUT2D eigenvalue weighted by molar-refractivity contribution is -0.0407. The molecule has 1 saturated heterocycles. The highest BCUT2D eigenvalue weighted by atomic mass is 16.6. The Labute approximate surface area is 122 Å². The maximum absolute atomic E-state index is 5.78. The van der Waals surface area contributed by atoms with Crippen molar-refractivity contribution < 1.29 is 18.6 Å². The summed E-state index contributed by atoms with van der Waals surface area (Å²) in [6.07, 6.45) is 0.689. The molecule has 0 saturated carbocycles. The first-order valence-electron chi connectivity index (χ1n) is 6.67. The predicted octanol–water partition coefficient (Wildman–Crippen LogP) is 1.71. The molecular weight excluding hydrogens is 274 g/mol. The van der Waals surface area contributed by atoms with Crippen molar-refractivity contribution >= 4 is 0 Å². The predicted molar refractivity (Wildman–Crippen MR) is 72.9 cm³/mol. The molecule has 1 atom stereocenters. The summed E-state index contributed by atoms with van der Waals surface area (Å²) in [6, 6.07) is 3.72. The van der Waals surface area contributed by atoms with Crippen LogP contribution >= 0.6 is 0 Å². The number of aryl methyl sites for hydroxylation is 1. The highest BCUT2D eigenvalue weighted by Gasteiger charge is 2.42. The number of methoxy groups -OCH3 is 2. The minimum Gasteiger partial charge on any atom is -0.480 e. The van der Waals surface area contributed by atoms with E-state index in [1.807, 2.05) is 19.1 Å². The maximum atomic E-state index is 5.78. The lowest BCUT2D eigenvalue weighted by Gasteiger charge is -2.20. The Morgan fingerprint density at radius 2 is 2.10 bits per heavy atom. The Balaban J connectivity index is 1.99. The monoisotopic (exact) mass is 291 g/mol. The van der Waals surface area contributed by atoms with Crippen molar-refractivity contribution in [1.29, 1.82) is 0 Å². The van der Waals surface area contributed by atoms with Crippen LogP contribution in [0.1, 0.15) is 18.0 Å². The van der Waals surface area contributed by atoms with Crippen LogP contribution in [0, 0.1) is 6.92 Å². The summed E-state index contributed by atoms with van der Waals surface area (Å²) in [5, 5.41) is 8.20. The molecule has 0 radical (unpaired) electrons. The molecule has 0 amide bonds. The third kappa shape index (κ3) is 2.38. The number of aromatic nitrogens is 3. The molecule has 112 valence electrons. The number of hydrogen-bond acceptors (Lipinski definition) is 7. The van der Waals surface area contributed by atoms with Crippen LogP contribution in [0.3, 0.4) is 0 Å². The van der Waals surface area contributed by atoms with Gasteiger partial charge in [-0.05, 0) is 19.1 Å². The van der Waals surface area contributed by atoms with E-state index in [0.717, 1.165) is 5.69 Å². The molecule has 1 aliphatic rings. The average molecular weight is 291 g/mol. The molecule has 1 fully saturated rings. The normalized spacial score (nSPS) is 21.7. The van der Waals surface area contributed by atoms with E-state index >= 15 is 0 Å². The maximum Gasteiger partial charge on any atom is 0.253 e. The minimum absolute atomic E-state index is 0.359. The van der Waals surface area contributed by atoms with Gasteiger partial charge in [0.15, 0.2) is 5.60 Å². The van der Waals surface area contributed by atoms with Gasteiger partial charge in [-0.2, -0.15) is 0 Å². The number of hydrogen-bond donors (Lipinski definition) is 0. The molecule has 2 aromatic rings. The van der Waals surface area contributed by atoms with E-state index in [2.05, 4.69) is 15.2 Å². The number of nitrogens with zero attached hydrogens (tertiary/aromatic N) is 3. The van der Waals surface area contributed by atoms with Gasteiger partial charge in [-0.1, -0.05) is 0 Å². The standard InChI is InChI=1S/C14H17N3O4/c1-9-4-5-10(11(15-9)18-2)12-16-17-13(21-12)14(19-3)6-7-20-8-14/h4-5H,6-8H2,1-3H3. The van der Waals surface area contributed by atoms with Crippen LogP contribution in [0.5, 0.6) is 5.88 Å². The van der Waals surface area contributed by atoms with Crippen LogP contribution in [0.25, 0.3) is 11.5 Å². The van der Waals surface area contributed by atoms with E-state index in [9.17, 15) is 0 Å². The van der Waals surface area contributed by atoms with E-state index in [4.69, 9.17) is 18.6 Å². The third-order valence-electron chi connectivity index (χ3n) is 3.61. The molecule has 0 bridgehead atoms. The van der Waals surface area contributed by atoms with E-state index in [-0.39, 0.29) is 0 Å². The van der Waals surface area contributed by atoms with Crippen molar-refractivity contribution in [2.24, 2.45) is 0 Å². The summed E-state index contributed by atoms with van der Waals surface area (Å²) in [6.45, 7) is 2.91. The second kappa shape index (κ2) is 5.42. The molecule has 7 heteroatoms. The summed E-state index contributed by atoms with van der Waals surface area (Å²) in [4.78, 5) is 4.31. The summed E-state index contributed by atoms with van der Waals surface area (Å²) in [5.74, 6) is 1.23. The van der Waals surface area contributed by atoms with Gasteiger partial charge >= 0.3 is 0 Å². The Morgan fingerprint density at radius 3 is 2.76 bits per heavy atom. The van der Waals surface area contributed by atoms with Gasteiger partial charge in [0.05, 0.1) is 20.3 Å².